The molecule has 0 unspecified atom stereocenters. The van der Waals surface area contributed by atoms with Crippen molar-refractivity contribution >= 4 is 5.97 Å². The zero-order valence-corrected chi connectivity index (χ0v) is 15.6. The van der Waals surface area contributed by atoms with E-state index < -0.39 is 5.92 Å². The van der Waals surface area contributed by atoms with Crippen molar-refractivity contribution in [2.45, 2.75) is 5.92 Å². The predicted octanol–water partition coefficient (Wildman–Crippen LogP) is 6.20. The molecule has 0 amide bonds. The standard InChI is InChI=1S/C26H18O3/c27-26(28-20-16-14-19(15-17-20)18-8-2-1-3-9-18)25-21-10-4-6-12-23(21)29-24-13-7-5-11-22(24)25/h1-17,25H. The third-order valence-corrected chi connectivity index (χ3v) is 5.10. The number of carbonyl (C=O) groups excluding carboxylic acids is 1. The lowest BCUT2D eigenvalue weighted by molar-refractivity contribution is -0.135. The van der Waals surface area contributed by atoms with Gasteiger partial charge in [0.1, 0.15) is 23.2 Å². The number of fused-ring (bicyclic) bond motifs is 2. The van der Waals surface area contributed by atoms with Gasteiger partial charge in [-0.3, -0.25) is 4.79 Å². The molecule has 0 saturated heterocycles. The molecule has 5 rings (SSSR count). The number of rotatable bonds is 3. The summed E-state index contributed by atoms with van der Waals surface area (Å²) in [6, 6.07) is 32.9. The van der Waals surface area contributed by atoms with Crippen LogP contribution in [0.25, 0.3) is 11.1 Å². The van der Waals surface area contributed by atoms with Crippen LogP contribution in [0.3, 0.4) is 0 Å². The summed E-state index contributed by atoms with van der Waals surface area (Å²) >= 11 is 0. The first-order valence-corrected chi connectivity index (χ1v) is 9.52. The van der Waals surface area contributed by atoms with Gasteiger partial charge in [0.2, 0.25) is 0 Å². The number of carbonyl (C=O) groups is 1. The summed E-state index contributed by atoms with van der Waals surface area (Å²) in [5.74, 6) is 1.06. The fraction of sp³-hybridized carbons (Fsp3) is 0.0385. The fourth-order valence-electron chi connectivity index (χ4n) is 3.68. The second-order valence-corrected chi connectivity index (χ2v) is 6.92. The number of ether oxygens (including phenoxy) is 2. The van der Waals surface area contributed by atoms with Gasteiger partial charge in [-0.1, -0.05) is 78.9 Å². The first-order chi connectivity index (χ1) is 14.3. The van der Waals surface area contributed by atoms with Crippen LogP contribution in [0.5, 0.6) is 17.2 Å². The van der Waals surface area contributed by atoms with Gasteiger partial charge in [0.15, 0.2) is 0 Å². The van der Waals surface area contributed by atoms with E-state index in [1.54, 1.807) is 0 Å². The van der Waals surface area contributed by atoms with E-state index in [0.29, 0.717) is 17.2 Å². The summed E-state index contributed by atoms with van der Waals surface area (Å²) in [6.45, 7) is 0. The minimum atomic E-state index is -0.523. The van der Waals surface area contributed by atoms with E-state index in [0.717, 1.165) is 22.3 Å². The Morgan fingerprint density at radius 2 is 1.14 bits per heavy atom. The molecule has 3 nitrogen and oxygen atoms in total. The fourth-order valence-corrected chi connectivity index (χ4v) is 3.68. The molecule has 0 aromatic heterocycles. The largest absolute Gasteiger partial charge is 0.457 e. The van der Waals surface area contributed by atoms with Crippen molar-refractivity contribution in [3.05, 3.63) is 114 Å². The Labute approximate surface area is 169 Å². The van der Waals surface area contributed by atoms with Crippen LogP contribution >= 0.6 is 0 Å². The van der Waals surface area contributed by atoms with Crippen LogP contribution in [-0.2, 0) is 4.79 Å². The van der Waals surface area contributed by atoms with Crippen molar-refractivity contribution in [3.8, 4) is 28.4 Å². The zero-order valence-electron chi connectivity index (χ0n) is 15.6. The molecular formula is C26H18O3. The Bertz CT molecular complexity index is 1120. The molecule has 0 atom stereocenters. The molecule has 4 aromatic carbocycles. The Hall–Kier alpha value is -3.85. The molecule has 0 aliphatic carbocycles. The molecule has 0 N–H and O–H groups in total. The predicted molar refractivity (Wildman–Crippen MR) is 112 cm³/mol. The topological polar surface area (TPSA) is 35.5 Å². The number of esters is 1. The van der Waals surface area contributed by atoms with Crippen molar-refractivity contribution in [1.82, 2.24) is 0 Å². The van der Waals surface area contributed by atoms with E-state index in [1.165, 1.54) is 0 Å². The van der Waals surface area contributed by atoms with Crippen molar-refractivity contribution in [2.24, 2.45) is 0 Å². The van der Waals surface area contributed by atoms with Crippen LogP contribution < -0.4 is 9.47 Å². The number of para-hydroxylation sites is 2. The van der Waals surface area contributed by atoms with Gasteiger partial charge in [0.25, 0.3) is 0 Å². The lowest BCUT2D eigenvalue weighted by atomic mass is 9.88. The van der Waals surface area contributed by atoms with Gasteiger partial charge >= 0.3 is 5.97 Å². The molecule has 140 valence electrons. The van der Waals surface area contributed by atoms with Crippen molar-refractivity contribution in [1.29, 1.82) is 0 Å². The Balaban J connectivity index is 1.44. The van der Waals surface area contributed by atoms with Gasteiger partial charge < -0.3 is 9.47 Å². The molecule has 0 radical (unpaired) electrons. The number of benzene rings is 4. The minimum Gasteiger partial charge on any atom is -0.457 e. The molecule has 4 aromatic rings. The number of hydrogen-bond donors (Lipinski definition) is 0. The van der Waals surface area contributed by atoms with Gasteiger partial charge in [0, 0.05) is 11.1 Å². The highest BCUT2D eigenvalue weighted by atomic mass is 16.5. The van der Waals surface area contributed by atoms with E-state index in [1.807, 2.05) is 91.0 Å². The smallest absolute Gasteiger partial charge is 0.323 e. The summed E-state index contributed by atoms with van der Waals surface area (Å²) in [5.41, 5.74) is 3.83. The second kappa shape index (κ2) is 7.28. The maximum atomic E-state index is 13.2. The number of hydrogen-bond acceptors (Lipinski definition) is 3. The normalized spacial score (nSPS) is 12.4. The highest BCUT2D eigenvalue weighted by Crippen LogP contribution is 2.44. The molecule has 3 heteroatoms. The molecule has 1 aliphatic heterocycles. The lowest BCUT2D eigenvalue weighted by Gasteiger charge is -2.26. The molecule has 29 heavy (non-hydrogen) atoms. The summed E-state index contributed by atoms with van der Waals surface area (Å²) in [6.07, 6.45) is 0. The monoisotopic (exact) mass is 378 g/mol. The Morgan fingerprint density at radius 1 is 0.621 bits per heavy atom. The summed E-state index contributed by atoms with van der Waals surface area (Å²) in [5, 5.41) is 0. The highest BCUT2D eigenvalue weighted by Gasteiger charge is 2.33. The van der Waals surface area contributed by atoms with Crippen molar-refractivity contribution in [3.63, 3.8) is 0 Å². The van der Waals surface area contributed by atoms with E-state index in [9.17, 15) is 4.79 Å². The zero-order chi connectivity index (χ0) is 19.6. The molecular weight excluding hydrogens is 360 g/mol. The average Bonchev–Trinajstić information content (AvgIpc) is 2.78. The van der Waals surface area contributed by atoms with Gasteiger partial charge in [-0.2, -0.15) is 0 Å². The van der Waals surface area contributed by atoms with Crippen LogP contribution in [0.15, 0.2) is 103 Å². The SMILES string of the molecule is O=C(Oc1ccc(-c2ccccc2)cc1)C1c2ccccc2Oc2ccccc21. The third kappa shape index (κ3) is 3.27. The first kappa shape index (κ1) is 17.3. The molecule has 1 heterocycles. The quantitative estimate of drug-likeness (QED) is 0.315. The molecule has 0 saturated carbocycles. The van der Waals surface area contributed by atoms with E-state index >= 15 is 0 Å². The minimum absolute atomic E-state index is 0.319. The van der Waals surface area contributed by atoms with Crippen LogP contribution in [0.4, 0.5) is 0 Å². The molecule has 1 aliphatic rings. The summed E-state index contributed by atoms with van der Waals surface area (Å²) < 4.78 is 11.7. The summed E-state index contributed by atoms with van der Waals surface area (Å²) in [4.78, 5) is 13.2. The first-order valence-electron chi connectivity index (χ1n) is 9.52. The highest BCUT2D eigenvalue weighted by molar-refractivity contribution is 5.87. The van der Waals surface area contributed by atoms with Gasteiger partial charge in [-0.15, -0.1) is 0 Å². The third-order valence-electron chi connectivity index (χ3n) is 5.10. The molecule has 0 bridgehead atoms. The van der Waals surface area contributed by atoms with E-state index in [4.69, 9.17) is 9.47 Å². The maximum Gasteiger partial charge on any atom is 0.323 e. The molecule has 0 spiro atoms. The van der Waals surface area contributed by atoms with Gasteiger partial charge in [0.05, 0.1) is 0 Å². The van der Waals surface area contributed by atoms with Gasteiger partial charge in [-0.05, 0) is 35.4 Å². The molecule has 0 fully saturated rings. The average molecular weight is 378 g/mol. The maximum absolute atomic E-state index is 13.2. The Morgan fingerprint density at radius 3 is 1.76 bits per heavy atom. The van der Waals surface area contributed by atoms with E-state index in [-0.39, 0.29) is 5.97 Å². The Kier molecular flexibility index (Phi) is 4.34. The van der Waals surface area contributed by atoms with Gasteiger partial charge in [-0.25, -0.2) is 0 Å². The van der Waals surface area contributed by atoms with Crippen LogP contribution in [0.2, 0.25) is 0 Å². The van der Waals surface area contributed by atoms with Crippen LogP contribution in [0, 0.1) is 0 Å². The van der Waals surface area contributed by atoms with Crippen LogP contribution in [-0.4, -0.2) is 5.97 Å². The summed E-state index contributed by atoms with van der Waals surface area (Å²) in [7, 11) is 0. The van der Waals surface area contributed by atoms with Crippen molar-refractivity contribution in [2.75, 3.05) is 0 Å². The van der Waals surface area contributed by atoms with E-state index in [2.05, 4.69) is 12.1 Å². The van der Waals surface area contributed by atoms with Crippen LogP contribution in [0.1, 0.15) is 17.0 Å². The van der Waals surface area contributed by atoms with Crippen molar-refractivity contribution < 1.29 is 14.3 Å². The second-order valence-electron chi connectivity index (χ2n) is 6.92. The lowest BCUT2D eigenvalue weighted by Crippen LogP contribution is -2.23.